The van der Waals surface area contributed by atoms with Crippen LogP contribution in [0.5, 0.6) is 0 Å². The van der Waals surface area contributed by atoms with Crippen molar-refractivity contribution in [3.05, 3.63) is 155 Å². The average molecular weight is 587 g/mol. The summed E-state index contributed by atoms with van der Waals surface area (Å²) in [5, 5.41) is 14.4. The monoisotopic (exact) mass is 586 g/mol. The van der Waals surface area contributed by atoms with Gasteiger partial charge >= 0.3 is 0 Å². The lowest BCUT2D eigenvalue weighted by atomic mass is 9.96. The molecule has 4 aromatic heterocycles. The lowest BCUT2D eigenvalue weighted by Gasteiger charge is -2.15. The van der Waals surface area contributed by atoms with Crippen LogP contribution < -0.4 is 21.3 Å². The Bertz CT molecular complexity index is 1410. The topological polar surface area (TPSA) is 111 Å². The van der Waals surface area contributed by atoms with E-state index in [-0.39, 0.29) is 0 Å². The molecule has 0 saturated heterocycles. The first-order chi connectivity index (χ1) is 21.8. The molecule has 44 heavy (non-hydrogen) atoms. The minimum atomic E-state index is 0.790. The summed E-state index contributed by atoms with van der Waals surface area (Å²) in [5.74, 6) is 0. The third-order valence-electron chi connectivity index (χ3n) is 7.67. The van der Waals surface area contributed by atoms with Crippen LogP contribution in [0.4, 0.5) is 0 Å². The van der Waals surface area contributed by atoms with Gasteiger partial charge in [0.1, 0.15) is 0 Å². The highest BCUT2D eigenvalue weighted by Crippen LogP contribution is 2.26. The fourth-order valence-electron chi connectivity index (χ4n) is 5.54. The fraction of sp³-hybridized carbons (Fsp3) is 0.222. The van der Waals surface area contributed by atoms with Gasteiger partial charge in [-0.1, -0.05) is 12.1 Å². The largest absolute Gasteiger partial charge is 0.364 e. The van der Waals surface area contributed by atoms with Gasteiger partial charge in [0, 0.05) is 99.9 Å². The molecule has 0 amide bonds. The third kappa shape index (κ3) is 8.72. The molecule has 0 atom stereocenters. The summed E-state index contributed by atoms with van der Waals surface area (Å²) in [7, 11) is 0. The summed E-state index contributed by atoms with van der Waals surface area (Å²) in [4.78, 5) is 13.1. The Morgan fingerprint density at radius 3 is 0.841 bits per heavy atom. The van der Waals surface area contributed by atoms with E-state index in [1.807, 2.05) is 49.1 Å². The maximum absolute atomic E-state index is 3.61. The van der Waals surface area contributed by atoms with Gasteiger partial charge in [0.05, 0.1) is 0 Å². The first-order valence-electron chi connectivity index (χ1n) is 15.3. The molecule has 0 saturated carbocycles. The van der Waals surface area contributed by atoms with Gasteiger partial charge in [-0.2, -0.15) is 0 Å². The highest BCUT2D eigenvalue weighted by Gasteiger charge is 2.09. The molecule has 8 nitrogen and oxygen atoms in total. The molecule has 0 bridgehead atoms. The SMILES string of the molecule is c1c[nH]c(CNCc2cc(CNCc3ccc[nH]3)cc(-c3cc(CNCc4ccc[nH]4)cc(CNCc4ccc[nH]4)c3)c2)c1. The lowest BCUT2D eigenvalue weighted by Crippen LogP contribution is -2.16. The quantitative estimate of drug-likeness (QED) is 0.0688. The van der Waals surface area contributed by atoms with Crippen LogP contribution in [0.1, 0.15) is 45.0 Å². The maximum atomic E-state index is 3.61. The van der Waals surface area contributed by atoms with Gasteiger partial charge in [0.2, 0.25) is 0 Å². The molecular weight excluding hydrogens is 544 g/mol. The Hall–Kier alpha value is -4.60. The van der Waals surface area contributed by atoms with Gasteiger partial charge in [-0.25, -0.2) is 0 Å². The Balaban J connectivity index is 1.22. The van der Waals surface area contributed by atoms with Crippen LogP contribution in [0, 0.1) is 0 Å². The Morgan fingerprint density at radius 1 is 0.341 bits per heavy atom. The molecule has 0 unspecified atom stereocenters. The number of H-pyrrole nitrogens is 4. The van der Waals surface area contributed by atoms with Gasteiger partial charge in [-0.15, -0.1) is 0 Å². The van der Waals surface area contributed by atoms with Crippen LogP contribution in [0.25, 0.3) is 11.1 Å². The molecule has 226 valence electrons. The molecule has 0 fully saturated rings. The van der Waals surface area contributed by atoms with E-state index in [0.29, 0.717) is 0 Å². The van der Waals surface area contributed by atoms with E-state index in [1.54, 1.807) is 0 Å². The second kappa shape index (κ2) is 15.2. The van der Waals surface area contributed by atoms with Gasteiger partial charge in [-0.3, -0.25) is 0 Å². The molecule has 0 spiro atoms. The number of hydrogen-bond acceptors (Lipinski definition) is 4. The van der Waals surface area contributed by atoms with Gasteiger partial charge in [-0.05, 0) is 106 Å². The minimum Gasteiger partial charge on any atom is -0.364 e. The summed E-state index contributed by atoms with van der Waals surface area (Å²) >= 11 is 0. The van der Waals surface area contributed by atoms with Crippen LogP contribution >= 0.6 is 0 Å². The second-order valence-electron chi connectivity index (χ2n) is 11.3. The smallest absolute Gasteiger partial charge is 0.0360 e. The summed E-state index contributed by atoms with van der Waals surface area (Å²) < 4.78 is 0. The average Bonchev–Trinajstić information content (AvgIpc) is 3.86. The van der Waals surface area contributed by atoms with E-state index in [9.17, 15) is 0 Å². The standard InChI is InChI=1S/C36H42N8/c1-5-33(41-9-1)23-37-19-27-13-28(20-38-24-34-6-2-10-42-34)16-31(15-27)32-17-29(21-39-25-35-7-3-11-43-35)14-30(18-32)22-40-26-36-8-4-12-44-36/h1-18,37-44H,19-26H2. The molecule has 6 aromatic rings. The van der Waals surface area contributed by atoms with Crippen molar-refractivity contribution in [2.75, 3.05) is 0 Å². The molecular formula is C36H42N8. The maximum Gasteiger partial charge on any atom is 0.0360 e. The first-order valence-corrected chi connectivity index (χ1v) is 15.3. The van der Waals surface area contributed by atoms with Gasteiger partial charge in [0.25, 0.3) is 0 Å². The van der Waals surface area contributed by atoms with Crippen molar-refractivity contribution in [3.8, 4) is 11.1 Å². The van der Waals surface area contributed by atoms with Crippen molar-refractivity contribution < 1.29 is 0 Å². The van der Waals surface area contributed by atoms with Crippen LogP contribution in [0.2, 0.25) is 0 Å². The summed E-state index contributed by atoms with van der Waals surface area (Å²) in [6.07, 6.45) is 7.87. The molecule has 8 N–H and O–H groups in total. The lowest BCUT2D eigenvalue weighted by molar-refractivity contribution is 0.670. The van der Waals surface area contributed by atoms with E-state index in [1.165, 1.54) is 56.2 Å². The predicted molar refractivity (Wildman–Crippen MR) is 177 cm³/mol. The number of nitrogens with one attached hydrogen (secondary N) is 8. The minimum absolute atomic E-state index is 0.790. The van der Waals surface area contributed by atoms with Crippen LogP contribution in [0.15, 0.2) is 110 Å². The molecule has 0 aliphatic carbocycles. The zero-order valence-electron chi connectivity index (χ0n) is 25.0. The predicted octanol–water partition coefficient (Wildman–Crippen LogP) is 5.83. The summed E-state index contributed by atoms with van der Waals surface area (Å²) in [5.41, 5.74) is 12.3. The molecule has 2 aromatic carbocycles. The van der Waals surface area contributed by atoms with Crippen molar-refractivity contribution in [3.63, 3.8) is 0 Å². The van der Waals surface area contributed by atoms with Gasteiger partial charge < -0.3 is 41.2 Å². The van der Waals surface area contributed by atoms with Crippen LogP contribution in [0.3, 0.4) is 0 Å². The van der Waals surface area contributed by atoms with E-state index < -0.39 is 0 Å². The first kappa shape index (κ1) is 29.5. The van der Waals surface area contributed by atoms with Crippen molar-refractivity contribution in [1.29, 1.82) is 0 Å². The zero-order chi connectivity index (χ0) is 29.8. The summed E-state index contributed by atoms with van der Waals surface area (Å²) in [6, 6.07) is 30.5. The highest BCUT2D eigenvalue weighted by atomic mass is 14.9. The third-order valence-corrected chi connectivity index (χ3v) is 7.67. The number of aromatic amines is 4. The fourth-order valence-corrected chi connectivity index (χ4v) is 5.54. The van der Waals surface area contributed by atoms with Crippen molar-refractivity contribution >= 4 is 0 Å². The number of rotatable bonds is 17. The highest BCUT2D eigenvalue weighted by molar-refractivity contribution is 5.67. The van der Waals surface area contributed by atoms with Crippen LogP contribution in [-0.4, -0.2) is 19.9 Å². The van der Waals surface area contributed by atoms with Gasteiger partial charge in [0.15, 0.2) is 0 Å². The molecule has 0 radical (unpaired) electrons. The zero-order valence-corrected chi connectivity index (χ0v) is 25.0. The molecule has 6 rings (SSSR count). The molecule has 4 heterocycles. The van der Waals surface area contributed by atoms with E-state index in [0.717, 1.165) is 52.4 Å². The van der Waals surface area contributed by atoms with Crippen molar-refractivity contribution in [1.82, 2.24) is 41.2 Å². The Kier molecular flexibility index (Phi) is 10.2. The number of benzene rings is 2. The Morgan fingerprint density at radius 2 is 0.614 bits per heavy atom. The van der Waals surface area contributed by atoms with Crippen LogP contribution in [-0.2, 0) is 52.4 Å². The summed E-state index contributed by atoms with van der Waals surface area (Å²) in [6.45, 7) is 6.37. The Labute approximate surface area is 259 Å². The number of aromatic nitrogens is 4. The van der Waals surface area contributed by atoms with E-state index in [4.69, 9.17) is 0 Å². The normalized spacial score (nSPS) is 11.4. The number of hydrogen-bond donors (Lipinski definition) is 8. The van der Waals surface area contributed by atoms with Crippen molar-refractivity contribution in [2.45, 2.75) is 52.4 Å². The molecule has 8 heteroatoms. The molecule has 0 aliphatic rings. The van der Waals surface area contributed by atoms with E-state index in [2.05, 4.69) is 102 Å². The second-order valence-corrected chi connectivity index (χ2v) is 11.3. The van der Waals surface area contributed by atoms with Crippen molar-refractivity contribution in [2.24, 2.45) is 0 Å². The molecule has 0 aliphatic heterocycles. The van der Waals surface area contributed by atoms with E-state index >= 15 is 0 Å².